The molecule has 1 amide bonds. The lowest BCUT2D eigenvalue weighted by Crippen LogP contribution is -2.44. The van der Waals surface area contributed by atoms with E-state index >= 15 is 0 Å². The van der Waals surface area contributed by atoms with Crippen molar-refractivity contribution >= 4 is 30.1 Å². The molecule has 1 heterocycles. The molecule has 0 radical (unpaired) electrons. The molecule has 1 aromatic carbocycles. The summed E-state index contributed by atoms with van der Waals surface area (Å²) in [5.74, 6) is 2.62. The molecule has 7 heteroatoms. The van der Waals surface area contributed by atoms with Gasteiger partial charge in [-0.25, -0.2) is 0 Å². The highest BCUT2D eigenvalue weighted by molar-refractivity contribution is 7.99. The molecule has 1 N–H and O–H groups in total. The molecule has 31 heavy (non-hydrogen) atoms. The number of nitrogens with one attached hydrogen (secondary N) is 1. The number of hydrazone groups is 1. The summed E-state index contributed by atoms with van der Waals surface area (Å²) in [6.07, 6.45) is 5.63. The molecule has 2 aliphatic rings. The normalized spacial score (nSPS) is 23.3. The van der Waals surface area contributed by atoms with Crippen molar-refractivity contribution in [2.45, 2.75) is 44.5 Å². The van der Waals surface area contributed by atoms with Crippen LogP contribution in [0.1, 0.15) is 38.2 Å². The van der Waals surface area contributed by atoms with E-state index in [2.05, 4.69) is 59.1 Å². The molecule has 1 aliphatic carbocycles. The minimum atomic E-state index is -0.178. The highest BCUT2D eigenvalue weighted by atomic mass is 32.2. The third-order valence-electron chi connectivity index (χ3n) is 6.53. The third-order valence-corrected chi connectivity index (χ3v) is 7.93. The van der Waals surface area contributed by atoms with Crippen LogP contribution in [0.2, 0.25) is 0 Å². The molecule has 6 nitrogen and oxygen atoms in total. The van der Waals surface area contributed by atoms with Crippen LogP contribution in [0.4, 0.5) is 5.69 Å². The Balaban J connectivity index is 1.54. The number of likely N-dealkylation sites (N-methyl/N-ethyl adjacent to an activating group) is 1. The van der Waals surface area contributed by atoms with E-state index in [1.807, 2.05) is 13.1 Å². The summed E-state index contributed by atoms with van der Waals surface area (Å²) in [7, 11) is 4.04. The molecule has 0 bridgehead atoms. The fraction of sp³-hybridized carbons (Fsp3) is 0.667. The van der Waals surface area contributed by atoms with Crippen molar-refractivity contribution < 1.29 is 4.79 Å². The predicted molar refractivity (Wildman–Crippen MR) is 133 cm³/mol. The zero-order chi connectivity index (χ0) is 22.2. The van der Waals surface area contributed by atoms with Gasteiger partial charge in [-0.3, -0.25) is 9.80 Å². The summed E-state index contributed by atoms with van der Waals surface area (Å²) in [5.41, 5.74) is 2.08. The molecule has 172 valence electrons. The van der Waals surface area contributed by atoms with Crippen LogP contribution in [0.3, 0.4) is 0 Å². The van der Waals surface area contributed by atoms with Gasteiger partial charge < -0.3 is 15.1 Å². The fourth-order valence-corrected chi connectivity index (χ4v) is 5.81. The number of hydrogen-bond acceptors (Lipinski definition) is 6. The molecule has 1 saturated carbocycles. The molecule has 1 aliphatic heterocycles. The van der Waals surface area contributed by atoms with Gasteiger partial charge >= 0.3 is 0 Å². The monoisotopic (exact) mass is 445 g/mol. The van der Waals surface area contributed by atoms with Crippen molar-refractivity contribution in [3.05, 3.63) is 29.8 Å². The van der Waals surface area contributed by atoms with Gasteiger partial charge in [0.2, 0.25) is 5.91 Å². The number of carbonyl (C=O) groups is 1. The van der Waals surface area contributed by atoms with Crippen LogP contribution >= 0.6 is 11.8 Å². The second kappa shape index (κ2) is 11.8. The number of anilines is 1. The van der Waals surface area contributed by atoms with E-state index in [0.717, 1.165) is 49.3 Å². The van der Waals surface area contributed by atoms with Gasteiger partial charge in [0.15, 0.2) is 5.50 Å². The number of nitrogens with zero attached hydrogens (tertiary/aromatic N) is 4. The summed E-state index contributed by atoms with van der Waals surface area (Å²) in [6, 6.07) is 8.40. The fourth-order valence-electron chi connectivity index (χ4n) is 4.56. The summed E-state index contributed by atoms with van der Waals surface area (Å²) in [6.45, 7) is 10.2. The second-order valence-electron chi connectivity index (χ2n) is 9.24. The van der Waals surface area contributed by atoms with E-state index in [4.69, 9.17) is 0 Å². The standard InChI is InChI=1S/C24H39N5OS/c1-19-7-5-9-21(15-19)18-31-24(28(4)25-2)26-23(30)17-20-8-6-10-22(16-20)29-13-11-27(3)12-14-29/h6,8,10,16,19,21,24H,2,5,7,9,11-15,17-18H2,1,3-4H3,(H,26,30)/t19-,21?,24?/m0/s1. The SMILES string of the molecule is C=NN(C)C(NC(=O)Cc1cccc(N2CCN(C)CC2)c1)SCC1CCC[C@H](C)C1. The number of benzene rings is 1. The maximum absolute atomic E-state index is 12.8. The zero-order valence-corrected chi connectivity index (χ0v) is 20.2. The molecule has 0 aromatic heterocycles. The first-order valence-electron chi connectivity index (χ1n) is 11.6. The van der Waals surface area contributed by atoms with Gasteiger partial charge in [0.05, 0.1) is 6.42 Å². The number of rotatable bonds is 9. The number of thioether (sulfide) groups is 1. The van der Waals surface area contributed by atoms with Crippen molar-refractivity contribution in [3.8, 4) is 0 Å². The number of piperazine rings is 1. The Kier molecular flexibility index (Phi) is 9.08. The average Bonchev–Trinajstić information content (AvgIpc) is 2.77. The Hall–Kier alpha value is -1.73. The van der Waals surface area contributed by atoms with Gasteiger partial charge in [-0.05, 0) is 55.2 Å². The highest BCUT2D eigenvalue weighted by Crippen LogP contribution is 2.32. The third kappa shape index (κ3) is 7.42. The molecular formula is C24H39N5OS. The van der Waals surface area contributed by atoms with Crippen LogP contribution in [0.25, 0.3) is 0 Å². The Morgan fingerprint density at radius 2 is 2.10 bits per heavy atom. The van der Waals surface area contributed by atoms with E-state index in [9.17, 15) is 4.79 Å². The maximum atomic E-state index is 12.8. The van der Waals surface area contributed by atoms with Gasteiger partial charge in [0.25, 0.3) is 0 Å². The smallest absolute Gasteiger partial charge is 0.226 e. The molecule has 3 rings (SSSR count). The van der Waals surface area contributed by atoms with Crippen LogP contribution in [-0.4, -0.2) is 74.1 Å². The van der Waals surface area contributed by atoms with Gasteiger partial charge in [0, 0.05) is 45.6 Å². The minimum absolute atomic E-state index is 0.0283. The lowest BCUT2D eigenvalue weighted by molar-refractivity contribution is -0.121. The van der Waals surface area contributed by atoms with E-state index in [1.54, 1.807) is 16.8 Å². The van der Waals surface area contributed by atoms with Crippen molar-refractivity contribution in [1.82, 2.24) is 15.2 Å². The van der Waals surface area contributed by atoms with E-state index in [-0.39, 0.29) is 11.4 Å². The van der Waals surface area contributed by atoms with Crippen LogP contribution in [0.15, 0.2) is 29.4 Å². The van der Waals surface area contributed by atoms with Crippen LogP contribution in [0.5, 0.6) is 0 Å². The second-order valence-corrected chi connectivity index (χ2v) is 10.4. The molecule has 1 saturated heterocycles. The van der Waals surface area contributed by atoms with Crippen LogP contribution in [0, 0.1) is 11.8 Å². The summed E-state index contributed by atoms with van der Waals surface area (Å²) in [4.78, 5) is 17.6. The van der Waals surface area contributed by atoms with Crippen molar-refractivity contribution in [2.24, 2.45) is 16.9 Å². The van der Waals surface area contributed by atoms with Crippen molar-refractivity contribution in [2.75, 3.05) is 50.9 Å². The molecular weight excluding hydrogens is 406 g/mol. The van der Waals surface area contributed by atoms with Gasteiger partial charge in [-0.1, -0.05) is 31.9 Å². The molecule has 2 unspecified atom stereocenters. The van der Waals surface area contributed by atoms with Crippen LogP contribution < -0.4 is 10.2 Å². The first kappa shape index (κ1) is 23.9. The Morgan fingerprint density at radius 1 is 1.32 bits per heavy atom. The van der Waals surface area contributed by atoms with Crippen molar-refractivity contribution in [1.29, 1.82) is 0 Å². The maximum Gasteiger partial charge on any atom is 0.226 e. The summed E-state index contributed by atoms with van der Waals surface area (Å²) >= 11 is 1.78. The van der Waals surface area contributed by atoms with Crippen LogP contribution in [-0.2, 0) is 11.2 Å². The largest absolute Gasteiger partial charge is 0.369 e. The molecule has 3 atom stereocenters. The predicted octanol–water partition coefficient (Wildman–Crippen LogP) is 3.49. The van der Waals surface area contributed by atoms with Gasteiger partial charge in [0.1, 0.15) is 0 Å². The van der Waals surface area contributed by atoms with E-state index in [0.29, 0.717) is 6.42 Å². The van der Waals surface area contributed by atoms with Gasteiger partial charge in [-0.15, -0.1) is 11.8 Å². The average molecular weight is 446 g/mol. The first-order valence-corrected chi connectivity index (χ1v) is 12.6. The first-order chi connectivity index (χ1) is 14.9. The Morgan fingerprint density at radius 3 is 2.81 bits per heavy atom. The lowest BCUT2D eigenvalue weighted by Gasteiger charge is -2.34. The van der Waals surface area contributed by atoms with Gasteiger partial charge in [-0.2, -0.15) is 5.10 Å². The topological polar surface area (TPSA) is 51.2 Å². The number of amides is 1. The molecule has 2 fully saturated rings. The molecule has 1 aromatic rings. The summed E-state index contributed by atoms with van der Waals surface area (Å²) in [5, 5.41) is 8.97. The Labute approximate surface area is 192 Å². The number of hydrogen-bond donors (Lipinski definition) is 1. The zero-order valence-electron chi connectivity index (χ0n) is 19.4. The quantitative estimate of drug-likeness (QED) is 0.358. The Bertz CT molecular complexity index is 722. The van der Waals surface area contributed by atoms with E-state index < -0.39 is 0 Å². The highest BCUT2D eigenvalue weighted by Gasteiger charge is 2.23. The minimum Gasteiger partial charge on any atom is -0.369 e. The summed E-state index contributed by atoms with van der Waals surface area (Å²) < 4.78 is 0. The van der Waals surface area contributed by atoms with E-state index in [1.165, 1.54) is 31.4 Å². The van der Waals surface area contributed by atoms with Crippen molar-refractivity contribution in [3.63, 3.8) is 0 Å². The molecule has 0 spiro atoms. The number of carbonyl (C=O) groups excluding carboxylic acids is 1. The lowest BCUT2D eigenvalue weighted by atomic mass is 9.83.